The van der Waals surface area contributed by atoms with Gasteiger partial charge in [-0.3, -0.25) is 9.59 Å². The van der Waals surface area contributed by atoms with Crippen LogP contribution in [0, 0.1) is 0 Å². The first-order chi connectivity index (χ1) is 12.7. The molecule has 0 atom stereocenters. The van der Waals surface area contributed by atoms with Gasteiger partial charge in [0.15, 0.2) is 11.5 Å². The summed E-state index contributed by atoms with van der Waals surface area (Å²) >= 11 is 0. The molecule has 27 heavy (non-hydrogen) atoms. The summed E-state index contributed by atoms with van der Waals surface area (Å²) in [5, 5.41) is 4.41. The number of halogens is 3. The van der Waals surface area contributed by atoms with Crippen LogP contribution in [0.25, 0.3) is 0 Å². The number of amides is 2. The Morgan fingerprint density at radius 3 is 2.33 bits per heavy atom. The Labute approximate surface area is 153 Å². The van der Waals surface area contributed by atoms with Crippen molar-refractivity contribution in [1.82, 2.24) is 5.32 Å². The standard InChI is InChI=1S/C18H17F3N2O4/c1-26-14-7-6-12(9-15(14)27-2)16(24)23-13-5-3-4-11(8-13)10-22-17(25)18(19,20)21/h3-9H,10H2,1-2H3,(H,22,25)(H,23,24). The molecule has 0 heterocycles. The average molecular weight is 382 g/mol. The van der Waals surface area contributed by atoms with Gasteiger partial charge in [-0.1, -0.05) is 12.1 Å². The smallest absolute Gasteiger partial charge is 0.471 e. The molecule has 0 aliphatic rings. The highest BCUT2D eigenvalue weighted by molar-refractivity contribution is 6.04. The molecule has 0 aliphatic heterocycles. The van der Waals surface area contributed by atoms with Gasteiger partial charge in [-0.05, 0) is 35.9 Å². The molecule has 0 radical (unpaired) electrons. The summed E-state index contributed by atoms with van der Waals surface area (Å²) in [4.78, 5) is 23.2. The number of alkyl halides is 3. The van der Waals surface area contributed by atoms with Crippen molar-refractivity contribution < 1.29 is 32.2 Å². The minimum Gasteiger partial charge on any atom is -0.493 e. The topological polar surface area (TPSA) is 76.7 Å². The second-order valence-corrected chi connectivity index (χ2v) is 5.40. The van der Waals surface area contributed by atoms with E-state index in [-0.39, 0.29) is 6.54 Å². The monoisotopic (exact) mass is 382 g/mol. The Morgan fingerprint density at radius 1 is 1.00 bits per heavy atom. The third-order valence-electron chi connectivity index (χ3n) is 3.54. The molecule has 6 nitrogen and oxygen atoms in total. The van der Waals surface area contributed by atoms with Crippen LogP contribution in [0.15, 0.2) is 42.5 Å². The number of benzene rings is 2. The molecule has 0 spiro atoms. The maximum atomic E-state index is 12.4. The van der Waals surface area contributed by atoms with Crippen molar-refractivity contribution in [2.75, 3.05) is 19.5 Å². The average Bonchev–Trinajstić information content (AvgIpc) is 2.64. The number of nitrogens with one attached hydrogen (secondary N) is 2. The Hall–Kier alpha value is -3.23. The fourth-order valence-electron chi connectivity index (χ4n) is 2.22. The van der Waals surface area contributed by atoms with E-state index in [1.807, 2.05) is 0 Å². The normalized spacial score (nSPS) is 10.9. The minimum atomic E-state index is -4.95. The van der Waals surface area contributed by atoms with E-state index in [2.05, 4.69) is 5.32 Å². The highest BCUT2D eigenvalue weighted by Gasteiger charge is 2.38. The number of anilines is 1. The van der Waals surface area contributed by atoms with Gasteiger partial charge < -0.3 is 20.1 Å². The van der Waals surface area contributed by atoms with Crippen molar-refractivity contribution >= 4 is 17.5 Å². The molecule has 144 valence electrons. The number of hydrogen-bond donors (Lipinski definition) is 2. The lowest BCUT2D eigenvalue weighted by atomic mass is 10.1. The van der Waals surface area contributed by atoms with Crippen molar-refractivity contribution in [1.29, 1.82) is 0 Å². The first-order valence-corrected chi connectivity index (χ1v) is 7.72. The van der Waals surface area contributed by atoms with Gasteiger partial charge in [-0.2, -0.15) is 13.2 Å². The number of rotatable bonds is 6. The largest absolute Gasteiger partial charge is 0.493 e. The Bertz CT molecular complexity index is 838. The van der Waals surface area contributed by atoms with E-state index in [0.717, 1.165) is 0 Å². The number of hydrogen-bond acceptors (Lipinski definition) is 4. The van der Waals surface area contributed by atoms with E-state index >= 15 is 0 Å². The van der Waals surface area contributed by atoms with Gasteiger partial charge in [0.05, 0.1) is 14.2 Å². The molecule has 2 aromatic carbocycles. The molecular formula is C18H17F3N2O4. The molecule has 2 N–H and O–H groups in total. The van der Waals surface area contributed by atoms with Crippen molar-refractivity contribution in [3.63, 3.8) is 0 Å². The number of ether oxygens (including phenoxy) is 2. The number of carbonyl (C=O) groups excluding carboxylic acids is 2. The summed E-state index contributed by atoms with van der Waals surface area (Å²) in [6, 6.07) is 10.8. The lowest BCUT2D eigenvalue weighted by Gasteiger charge is -2.11. The highest BCUT2D eigenvalue weighted by Crippen LogP contribution is 2.28. The Morgan fingerprint density at radius 2 is 1.70 bits per heavy atom. The van der Waals surface area contributed by atoms with Crippen molar-refractivity contribution in [3.8, 4) is 11.5 Å². The molecule has 0 bridgehead atoms. The van der Waals surface area contributed by atoms with Crippen LogP contribution < -0.4 is 20.1 Å². The van der Waals surface area contributed by atoms with Gasteiger partial charge in [-0.25, -0.2) is 0 Å². The van der Waals surface area contributed by atoms with E-state index in [1.165, 1.54) is 32.4 Å². The van der Waals surface area contributed by atoms with Crippen LogP contribution in [0.3, 0.4) is 0 Å². The van der Waals surface area contributed by atoms with E-state index in [4.69, 9.17) is 9.47 Å². The summed E-state index contributed by atoms with van der Waals surface area (Å²) in [7, 11) is 2.92. The third kappa shape index (κ3) is 5.37. The van der Waals surface area contributed by atoms with Gasteiger partial charge in [0.1, 0.15) is 0 Å². The molecule has 0 aromatic heterocycles. The van der Waals surface area contributed by atoms with Crippen LogP contribution in [0.5, 0.6) is 11.5 Å². The highest BCUT2D eigenvalue weighted by atomic mass is 19.4. The van der Waals surface area contributed by atoms with Crippen LogP contribution >= 0.6 is 0 Å². The molecule has 9 heteroatoms. The summed E-state index contributed by atoms with van der Waals surface area (Å²) in [5.41, 5.74) is 1.08. The molecule has 2 aromatic rings. The predicted octanol–water partition coefficient (Wildman–Crippen LogP) is 3.13. The molecule has 2 amide bonds. The SMILES string of the molecule is COc1ccc(C(=O)Nc2cccc(CNC(=O)C(F)(F)F)c2)cc1OC. The fourth-order valence-corrected chi connectivity index (χ4v) is 2.22. The van der Waals surface area contributed by atoms with Gasteiger partial charge in [0.2, 0.25) is 0 Å². The van der Waals surface area contributed by atoms with E-state index in [9.17, 15) is 22.8 Å². The second kappa shape index (κ2) is 8.43. The lowest BCUT2D eigenvalue weighted by Crippen LogP contribution is -2.36. The second-order valence-electron chi connectivity index (χ2n) is 5.40. The minimum absolute atomic E-state index is 0.309. The van der Waals surface area contributed by atoms with Crippen LogP contribution in [-0.4, -0.2) is 32.2 Å². The first kappa shape index (κ1) is 20.1. The number of methoxy groups -OCH3 is 2. The lowest BCUT2D eigenvalue weighted by molar-refractivity contribution is -0.173. The molecule has 2 rings (SSSR count). The maximum Gasteiger partial charge on any atom is 0.471 e. The third-order valence-corrected chi connectivity index (χ3v) is 3.54. The molecular weight excluding hydrogens is 365 g/mol. The summed E-state index contributed by atoms with van der Waals surface area (Å²) in [5.74, 6) is -1.61. The Balaban J connectivity index is 2.07. The quantitative estimate of drug-likeness (QED) is 0.805. The summed E-state index contributed by atoms with van der Waals surface area (Å²) in [6.45, 7) is -0.321. The van der Waals surface area contributed by atoms with Crippen LogP contribution in [0.1, 0.15) is 15.9 Å². The van der Waals surface area contributed by atoms with E-state index < -0.39 is 18.0 Å². The van der Waals surface area contributed by atoms with Gasteiger partial charge in [-0.15, -0.1) is 0 Å². The maximum absolute atomic E-state index is 12.4. The zero-order valence-corrected chi connectivity index (χ0v) is 14.5. The van der Waals surface area contributed by atoms with Crippen molar-refractivity contribution in [2.24, 2.45) is 0 Å². The predicted molar refractivity (Wildman–Crippen MR) is 91.8 cm³/mol. The van der Waals surface area contributed by atoms with Gasteiger partial charge >= 0.3 is 12.1 Å². The number of carbonyl (C=O) groups is 2. The van der Waals surface area contributed by atoms with Gasteiger partial charge in [0, 0.05) is 17.8 Å². The van der Waals surface area contributed by atoms with Crippen LogP contribution in [0.2, 0.25) is 0 Å². The molecule has 0 aliphatic carbocycles. The molecule has 0 fully saturated rings. The van der Waals surface area contributed by atoms with Gasteiger partial charge in [0.25, 0.3) is 5.91 Å². The van der Waals surface area contributed by atoms with Crippen LogP contribution in [0.4, 0.5) is 18.9 Å². The van der Waals surface area contributed by atoms with E-state index in [0.29, 0.717) is 28.3 Å². The molecule has 0 unspecified atom stereocenters. The first-order valence-electron chi connectivity index (χ1n) is 7.72. The fraction of sp³-hybridized carbons (Fsp3) is 0.222. The zero-order chi connectivity index (χ0) is 20.0. The zero-order valence-electron chi connectivity index (χ0n) is 14.5. The summed E-state index contributed by atoms with van der Waals surface area (Å²) in [6.07, 6.45) is -4.95. The van der Waals surface area contributed by atoms with Crippen LogP contribution in [-0.2, 0) is 11.3 Å². The Kier molecular flexibility index (Phi) is 6.27. The van der Waals surface area contributed by atoms with Crippen molar-refractivity contribution in [3.05, 3.63) is 53.6 Å². The molecule has 0 saturated carbocycles. The van der Waals surface area contributed by atoms with E-state index in [1.54, 1.807) is 29.6 Å². The molecule has 0 saturated heterocycles. The van der Waals surface area contributed by atoms with Crippen molar-refractivity contribution in [2.45, 2.75) is 12.7 Å². The summed E-state index contributed by atoms with van der Waals surface area (Å²) < 4.78 is 46.9.